The number of methoxy groups -OCH3 is 1. The van der Waals surface area contributed by atoms with E-state index in [2.05, 4.69) is 10.6 Å². The van der Waals surface area contributed by atoms with Crippen molar-refractivity contribution in [3.05, 3.63) is 76.1 Å². The fraction of sp³-hybridized carbons (Fsp3) is 0.280. The van der Waals surface area contributed by atoms with Gasteiger partial charge in [0.1, 0.15) is 30.0 Å². The quantitative estimate of drug-likeness (QED) is 0.300. The Labute approximate surface area is 206 Å². The van der Waals surface area contributed by atoms with Crippen LogP contribution in [0, 0.1) is 0 Å². The summed E-state index contributed by atoms with van der Waals surface area (Å²) < 4.78 is 15.4. The van der Waals surface area contributed by atoms with Crippen LogP contribution in [0.4, 0.5) is 4.79 Å². The van der Waals surface area contributed by atoms with Crippen molar-refractivity contribution >= 4 is 28.9 Å². The highest BCUT2D eigenvalue weighted by Gasteiger charge is 2.30. The fourth-order valence-corrected chi connectivity index (χ4v) is 3.51. The molecule has 190 valence electrons. The van der Waals surface area contributed by atoms with Crippen molar-refractivity contribution in [2.24, 2.45) is 5.73 Å². The summed E-state index contributed by atoms with van der Waals surface area (Å²) in [6.45, 7) is 1.25. The lowest BCUT2D eigenvalue weighted by atomic mass is 10.0. The number of ether oxygens (including phenoxy) is 2. The number of benzene rings is 2. The van der Waals surface area contributed by atoms with Gasteiger partial charge in [-0.3, -0.25) is 9.59 Å². The molecule has 0 aliphatic heterocycles. The predicted molar refractivity (Wildman–Crippen MR) is 129 cm³/mol. The summed E-state index contributed by atoms with van der Waals surface area (Å²) in [5.74, 6) is -1.28. The molecule has 0 unspecified atom stereocenters. The van der Waals surface area contributed by atoms with Gasteiger partial charge >= 0.3 is 11.7 Å². The van der Waals surface area contributed by atoms with Gasteiger partial charge in [0.05, 0.1) is 13.2 Å². The number of carbonyl (C=O) groups excluding carboxylic acids is 3. The first kappa shape index (κ1) is 26.2. The van der Waals surface area contributed by atoms with Gasteiger partial charge in [0, 0.05) is 23.9 Å². The summed E-state index contributed by atoms with van der Waals surface area (Å²) in [6.07, 6.45) is -2.39. The van der Waals surface area contributed by atoms with Crippen LogP contribution in [0.3, 0.4) is 0 Å². The second-order valence-corrected chi connectivity index (χ2v) is 8.04. The molecular formula is C25H27N3O8. The van der Waals surface area contributed by atoms with Crippen LogP contribution in [0.2, 0.25) is 0 Å². The maximum atomic E-state index is 12.9. The molecule has 3 atom stereocenters. The van der Waals surface area contributed by atoms with Gasteiger partial charge in [0.2, 0.25) is 11.8 Å². The average Bonchev–Trinajstić information content (AvgIpc) is 2.85. The second kappa shape index (κ2) is 11.8. The third kappa shape index (κ3) is 6.83. The van der Waals surface area contributed by atoms with Crippen molar-refractivity contribution in [1.82, 2.24) is 10.6 Å². The molecule has 0 aliphatic rings. The number of hydrogen-bond donors (Lipinski definition) is 4. The van der Waals surface area contributed by atoms with Gasteiger partial charge in [0.15, 0.2) is 0 Å². The molecule has 0 saturated carbocycles. The Morgan fingerprint density at radius 1 is 1.08 bits per heavy atom. The fourth-order valence-electron chi connectivity index (χ4n) is 3.51. The number of aliphatic hydroxyl groups excluding tert-OH is 1. The summed E-state index contributed by atoms with van der Waals surface area (Å²) >= 11 is 0. The van der Waals surface area contributed by atoms with Crippen molar-refractivity contribution in [2.75, 3.05) is 7.11 Å². The minimum Gasteiger partial charge on any atom is -0.497 e. The molecule has 3 rings (SSSR count). The lowest BCUT2D eigenvalue weighted by Gasteiger charge is -2.23. The number of nitrogens with two attached hydrogens (primary N) is 1. The smallest absolute Gasteiger partial charge is 0.408 e. The Morgan fingerprint density at radius 2 is 1.81 bits per heavy atom. The molecule has 0 fully saturated rings. The van der Waals surface area contributed by atoms with Crippen molar-refractivity contribution in [1.29, 1.82) is 0 Å². The molecule has 0 aliphatic carbocycles. The maximum Gasteiger partial charge on any atom is 0.408 e. The van der Waals surface area contributed by atoms with Gasteiger partial charge in [-0.15, -0.1) is 0 Å². The van der Waals surface area contributed by atoms with Gasteiger partial charge < -0.3 is 35.4 Å². The van der Waals surface area contributed by atoms with Gasteiger partial charge in [-0.1, -0.05) is 30.3 Å². The van der Waals surface area contributed by atoms with E-state index >= 15 is 0 Å². The first-order valence-electron chi connectivity index (χ1n) is 11.0. The number of amides is 3. The SMILES string of the molecule is COc1ccc2c(C[C@@H](NC(=O)[C@@H](NC(=O)OCc3ccccc3)[C@@H](C)O)C(N)=O)cc(=O)oc2c1. The number of fused-ring (bicyclic) bond motifs is 1. The third-order valence-corrected chi connectivity index (χ3v) is 5.37. The van der Waals surface area contributed by atoms with E-state index in [-0.39, 0.29) is 18.6 Å². The molecule has 0 bridgehead atoms. The zero-order valence-corrected chi connectivity index (χ0v) is 19.7. The molecule has 3 aromatic rings. The first-order chi connectivity index (χ1) is 17.2. The Morgan fingerprint density at radius 3 is 2.44 bits per heavy atom. The third-order valence-electron chi connectivity index (χ3n) is 5.37. The largest absolute Gasteiger partial charge is 0.497 e. The molecule has 5 N–H and O–H groups in total. The van der Waals surface area contributed by atoms with E-state index in [9.17, 15) is 24.3 Å². The van der Waals surface area contributed by atoms with Crippen molar-refractivity contribution in [2.45, 2.75) is 38.1 Å². The zero-order chi connectivity index (χ0) is 26.2. The van der Waals surface area contributed by atoms with E-state index in [0.29, 0.717) is 16.7 Å². The van der Waals surface area contributed by atoms with Crippen LogP contribution in [0.1, 0.15) is 18.1 Å². The van der Waals surface area contributed by atoms with E-state index < -0.39 is 41.7 Å². The summed E-state index contributed by atoms with van der Waals surface area (Å²) in [5, 5.41) is 15.3. The van der Waals surface area contributed by atoms with E-state index in [1.807, 2.05) is 6.07 Å². The van der Waals surface area contributed by atoms with E-state index in [1.54, 1.807) is 36.4 Å². The summed E-state index contributed by atoms with van der Waals surface area (Å²) in [4.78, 5) is 49.3. The molecule has 1 aromatic heterocycles. The van der Waals surface area contributed by atoms with Crippen molar-refractivity contribution < 1.29 is 33.4 Å². The zero-order valence-electron chi connectivity index (χ0n) is 19.7. The monoisotopic (exact) mass is 497 g/mol. The maximum absolute atomic E-state index is 12.9. The minimum absolute atomic E-state index is 0.0425. The average molecular weight is 498 g/mol. The van der Waals surface area contributed by atoms with Crippen LogP contribution >= 0.6 is 0 Å². The molecule has 11 nitrogen and oxygen atoms in total. The predicted octanol–water partition coefficient (Wildman–Crippen LogP) is 0.990. The highest BCUT2D eigenvalue weighted by atomic mass is 16.5. The van der Waals surface area contributed by atoms with E-state index in [0.717, 1.165) is 5.56 Å². The Hall–Kier alpha value is -4.38. The molecule has 0 radical (unpaired) electrons. The molecule has 36 heavy (non-hydrogen) atoms. The number of carbonyl (C=O) groups is 3. The lowest BCUT2D eigenvalue weighted by Crippen LogP contribution is -2.57. The second-order valence-electron chi connectivity index (χ2n) is 8.04. The van der Waals surface area contributed by atoms with Crippen LogP contribution < -0.4 is 26.7 Å². The standard InChI is InChI=1S/C25H27N3O8/c1-14(29)22(28-25(33)35-13-15-6-4-3-5-7-15)24(32)27-19(23(26)31)10-16-11-21(30)36-20-12-17(34-2)8-9-18(16)20/h3-9,11-12,14,19,22,29H,10,13H2,1-2H3,(H2,26,31)(H,27,32)(H,28,33)/t14-,19-,22+/m1/s1. The number of aliphatic hydroxyl groups is 1. The topological polar surface area (TPSA) is 170 Å². The highest BCUT2D eigenvalue weighted by molar-refractivity contribution is 5.92. The number of primary amides is 1. The Bertz CT molecular complexity index is 1290. The summed E-state index contributed by atoms with van der Waals surface area (Å²) in [6, 6.07) is 12.2. The number of hydrogen-bond acceptors (Lipinski definition) is 8. The highest BCUT2D eigenvalue weighted by Crippen LogP contribution is 2.23. The van der Waals surface area contributed by atoms with Crippen LogP contribution in [0.5, 0.6) is 5.75 Å². The lowest BCUT2D eigenvalue weighted by molar-refractivity contribution is -0.130. The number of nitrogens with one attached hydrogen (secondary N) is 2. The van der Waals surface area contributed by atoms with Crippen LogP contribution in [0.15, 0.2) is 63.8 Å². The van der Waals surface area contributed by atoms with Gasteiger partial charge in [0.25, 0.3) is 0 Å². The molecule has 0 spiro atoms. The van der Waals surface area contributed by atoms with Crippen LogP contribution in [-0.2, 0) is 27.4 Å². The van der Waals surface area contributed by atoms with Gasteiger partial charge in [-0.25, -0.2) is 9.59 Å². The van der Waals surface area contributed by atoms with E-state index in [4.69, 9.17) is 19.6 Å². The summed E-state index contributed by atoms with van der Waals surface area (Å²) in [5.41, 5.74) is 6.20. The van der Waals surface area contributed by atoms with Crippen LogP contribution in [-0.4, -0.2) is 48.3 Å². The first-order valence-corrected chi connectivity index (χ1v) is 11.0. The van der Waals surface area contributed by atoms with Crippen molar-refractivity contribution in [3.8, 4) is 5.75 Å². The molecular weight excluding hydrogens is 470 g/mol. The molecule has 1 heterocycles. The minimum atomic E-state index is -1.43. The van der Waals surface area contributed by atoms with Crippen LogP contribution in [0.25, 0.3) is 11.0 Å². The molecule has 2 aromatic carbocycles. The molecule has 11 heteroatoms. The Balaban J connectivity index is 1.73. The van der Waals surface area contributed by atoms with Gasteiger partial charge in [-0.05, 0) is 30.2 Å². The Kier molecular flexibility index (Phi) is 8.63. The number of rotatable bonds is 10. The molecule has 0 saturated heterocycles. The number of alkyl carbamates (subject to hydrolysis) is 1. The van der Waals surface area contributed by atoms with E-state index in [1.165, 1.54) is 26.2 Å². The molecule has 3 amide bonds. The normalized spacial score (nSPS) is 13.3. The van der Waals surface area contributed by atoms with Gasteiger partial charge in [-0.2, -0.15) is 0 Å². The van der Waals surface area contributed by atoms with Crippen molar-refractivity contribution in [3.63, 3.8) is 0 Å². The summed E-state index contributed by atoms with van der Waals surface area (Å²) in [7, 11) is 1.46.